The number of carbonyl (C=O) groups excluding carboxylic acids is 1. The Morgan fingerprint density at radius 2 is 1.95 bits per heavy atom. The van der Waals surface area contributed by atoms with Crippen LogP contribution >= 0.6 is 15.9 Å². The Morgan fingerprint density at radius 1 is 1.32 bits per heavy atom. The van der Waals surface area contributed by atoms with E-state index in [9.17, 15) is 4.79 Å². The molecule has 0 spiro atoms. The standard InChI is InChI=1S/C15H20BrNO2/c1-12(18)17-13-4-6-14(7-5-13)19-11-15(10-16)8-2-3-9-15/h4-7H,2-3,8-11H2,1H3,(H,17,18). The van der Waals surface area contributed by atoms with Crippen LogP contribution in [0.4, 0.5) is 5.69 Å². The molecular formula is C15H20BrNO2. The van der Waals surface area contributed by atoms with Crippen molar-refractivity contribution in [2.45, 2.75) is 32.6 Å². The van der Waals surface area contributed by atoms with Crippen molar-refractivity contribution in [1.29, 1.82) is 0 Å². The number of ether oxygens (including phenoxy) is 1. The molecule has 1 aromatic rings. The highest BCUT2D eigenvalue weighted by Gasteiger charge is 2.33. The fourth-order valence-electron chi connectivity index (χ4n) is 2.52. The number of halogens is 1. The second-order valence-corrected chi connectivity index (χ2v) is 5.90. The van der Waals surface area contributed by atoms with E-state index in [0.29, 0.717) is 5.41 Å². The van der Waals surface area contributed by atoms with Gasteiger partial charge in [-0.3, -0.25) is 4.79 Å². The van der Waals surface area contributed by atoms with Crippen molar-refractivity contribution in [1.82, 2.24) is 0 Å². The Labute approximate surface area is 122 Å². The third kappa shape index (κ3) is 3.96. The normalized spacial score (nSPS) is 17.2. The fourth-order valence-corrected chi connectivity index (χ4v) is 3.24. The van der Waals surface area contributed by atoms with Gasteiger partial charge in [0.05, 0.1) is 6.61 Å². The topological polar surface area (TPSA) is 38.3 Å². The van der Waals surface area contributed by atoms with Crippen molar-refractivity contribution in [2.75, 3.05) is 17.3 Å². The molecule has 0 bridgehead atoms. The third-order valence-electron chi connectivity index (χ3n) is 3.67. The van der Waals surface area contributed by atoms with Crippen LogP contribution in [0.25, 0.3) is 0 Å². The first-order valence-electron chi connectivity index (χ1n) is 6.70. The smallest absolute Gasteiger partial charge is 0.221 e. The molecule has 1 amide bonds. The third-order valence-corrected chi connectivity index (χ3v) is 4.86. The summed E-state index contributed by atoms with van der Waals surface area (Å²) in [5.41, 5.74) is 1.10. The minimum absolute atomic E-state index is 0.0575. The van der Waals surface area contributed by atoms with E-state index in [1.54, 1.807) is 0 Å². The average Bonchev–Trinajstić information content (AvgIpc) is 2.87. The molecule has 0 atom stereocenters. The van der Waals surface area contributed by atoms with Gasteiger partial charge in [0.2, 0.25) is 5.91 Å². The van der Waals surface area contributed by atoms with E-state index in [1.165, 1.54) is 32.6 Å². The zero-order chi connectivity index (χ0) is 13.7. The summed E-state index contributed by atoms with van der Waals surface area (Å²) in [5, 5.41) is 3.75. The molecule has 3 nitrogen and oxygen atoms in total. The van der Waals surface area contributed by atoms with Crippen molar-refractivity contribution in [3.05, 3.63) is 24.3 Å². The summed E-state index contributed by atoms with van der Waals surface area (Å²) in [6.45, 7) is 2.27. The minimum Gasteiger partial charge on any atom is -0.493 e. The summed E-state index contributed by atoms with van der Waals surface area (Å²) in [6.07, 6.45) is 5.08. The predicted octanol–water partition coefficient (Wildman–Crippen LogP) is 3.98. The number of alkyl halides is 1. The maximum absolute atomic E-state index is 10.9. The van der Waals surface area contributed by atoms with E-state index in [-0.39, 0.29) is 5.91 Å². The Bertz CT molecular complexity index is 424. The molecule has 1 saturated carbocycles. The Hall–Kier alpha value is -1.03. The zero-order valence-electron chi connectivity index (χ0n) is 11.2. The van der Waals surface area contributed by atoms with E-state index < -0.39 is 0 Å². The lowest BCUT2D eigenvalue weighted by molar-refractivity contribution is -0.114. The number of amides is 1. The molecule has 0 radical (unpaired) electrons. The monoisotopic (exact) mass is 325 g/mol. The molecule has 0 aromatic heterocycles. The minimum atomic E-state index is -0.0575. The van der Waals surface area contributed by atoms with E-state index >= 15 is 0 Å². The number of carbonyl (C=O) groups is 1. The maximum Gasteiger partial charge on any atom is 0.221 e. The summed E-state index contributed by atoms with van der Waals surface area (Å²) in [6, 6.07) is 7.54. The first kappa shape index (κ1) is 14.4. The van der Waals surface area contributed by atoms with Crippen LogP contribution in [0.2, 0.25) is 0 Å². The van der Waals surface area contributed by atoms with Crippen molar-refractivity contribution >= 4 is 27.5 Å². The molecule has 0 heterocycles. The predicted molar refractivity (Wildman–Crippen MR) is 80.9 cm³/mol. The Kier molecular flexibility index (Phi) is 4.86. The van der Waals surface area contributed by atoms with Crippen LogP contribution in [0.1, 0.15) is 32.6 Å². The Morgan fingerprint density at radius 3 is 2.47 bits per heavy atom. The van der Waals surface area contributed by atoms with E-state index in [2.05, 4.69) is 21.2 Å². The van der Waals surface area contributed by atoms with Crippen molar-refractivity contribution in [2.24, 2.45) is 5.41 Å². The lowest BCUT2D eigenvalue weighted by atomic mass is 9.90. The lowest BCUT2D eigenvalue weighted by Gasteiger charge is -2.26. The highest BCUT2D eigenvalue weighted by Crippen LogP contribution is 2.40. The molecule has 2 rings (SSSR count). The van der Waals surface area contributed by atoms with Gasteiger partial charge in [-0.05, 0) is 37.1 Å². The summed E-state index contributed by atoms with van der Waals surface area (Å²) < 4.78 is 5.90. The number of rotatable bonds is 5. The van der Waals surface area contributed by atoms with Gasteiger partial charge in [0.1, 0.15) is 5.75 Å². The van der Waals surface area contributed by atoms with Crippen LogP contribution in [0.15, 0.2) is 24.3 Å². The fraction of sp³-hybridized carbons (Fsp3) is 0.533. The second-order valence-electron chi connectivity index (χ2n) is 5.33. The van der Waals surface area contributed by atoms with Crippen LogP contribution in [0.3, 0.4) is 0 Å². The first-order chi connectivity index (χ1) is 9.13. The number of benzene rings is 1. The molecule has 0 unspecified atom stereocenters. The summed E-state index contributed by atoms with van der Waals surface area (Å²) in [7, 11) is 0. The van der Waals surface area contributed by atoms with Gasteiger partial charge < -0.3 is 10.1 Å². The SMILES string of the molecule is CC(=O)Nc1ccc(OCC2(CBr)CCCC2)cc1. The zero-order valence-corrected chi connectivity index (χ0v) is 12.8. The van der Waals surface area contributed by atoms with E-state index in [1.807, 2.05) is 24.3 Å². The Balaban J connectivity index is 1.90. The van der Waals surface area contributed by atoms with E-state index in [0.717, 1.165) is 23.4 Å². The van der Waals surface area contributed by atoms with Crippen molar-refractivity contribution in [3.8, 4) is 5.75 Å². The van der Waals surface area contributed by atoms with Gasteiger partial charge in [-0.15, -0.1) is 0 Å². The molecule has 19 heavy (non-hydrogen) atoms. The maximum atomic E-state index is 10.9. The summed E-state index contributed by atoms with van der Waals surface area (Å²) in [5.74, 6) is 0.805. The molecule has 0 aliphatic heterocycles. The molecular weight excluding hydrogens is 306 g/mol. The molecule has 104 valence electrons. The van der Waals surface area contributed by atoms with Crippen LogP contribution in [-0.4, -0.2) is 17.8 Å². The average molecular weight is 326 g/mol. The van der Waals surface area contributed by atoms with Gasteiger partial charge in [-0.25, -0.2) is 0 Å². The molecule has 1 fully saturated rings. The molecule has 0 saturated heterocycles. The number of hydrogen-bond acceptors (Lipinski definition) is 2. The van der Waals surface area contributed by atoms with E-state index in [4.69, 9.17) is 4.74 Å². The van der Waals surface area contributed by atoms with Crippen molar-refractivity contribution < 1.29 is 9.53 Å². The van der Waals surface area contributed by atoms with Crippen molar-refractivity contribution in [3.63, 3.8) is 0 Å². The van der Waals surface area contributed by atoms with Gasteiger partial charge in [-0.1, -0.05) is 28.8 Å². The van der Waals surface area contributed by atoms with Crippen LogP contribution < -0.4 is 10.1 Å². The first-order valence-corrected chi connectivity index (χ1v) is 7.82. The van der Waals surface area contributed by atoms with Gasteiger partial charge in [0, 0.05) is 23.4 Å². The van der Waals surface area contributed by atoms with Crippen LogP contribution in [0.5, 0.6) is 5.75 Å². The second kappa shape index (κ2) is 6.42. The number of hydrogen-bond donors (Lipinski definition) is 1. The molecule has 1 N–H and O–H groups in total. The highest BCUT2D eigenvalue weighted by atomic mass is 79.9. The van der Waals surface area contributed by atoms with Gasteiger partial charge in [0.25, 0.3) is 0 Å². The highest BCUT2D eigenvalue weighted by molar-refractivity contribution is 9.09. The van der Waals surface area contributed by atoms with Crippen LogP contribution in [-0.2, 0) is 4.79 Å². The summed E-state index contributed by atoms with van der Waals surface area (Å²) >= 11 is 3.62. The number of anilines is 1. The molecule has 1 aromatic carbocycles. The molecule has 4 heteroatoms. The number of nitrogens with one attached hydrogen (secondary N) is 1. The van der Waals surface area contributed by atoms with Crippen LogP contribution in [0, 0.1) is 5.41 Å². The molecule has 1 aliphatic carbocycles. The van der Waals surface area contributed by atoms with Gasteiger partial charge >= 0.3 is 0 Å². The van der Waals surface area contributed by atoms with Gasteiger partial charge in [0.15, 0.2) is 0 Å². The molecule has 1 aliphatic rings. The van der Waals surface area contributed by atoms with Gasteiger partial charge in [-0.2, -0.15) is 0 Å². The largest absolute Gasteiger partial charge is 0.493 e. The lowest BCUT2D eigenvalue weighted by Crippen LogP contribution is -2.26. The quantitative estimate of drug-likeness (QED) is 0.831. The summed E-state index contributed by atoms with van der Waals surface area (Å²) in [4.78, 5) is 10.9.